The Morgan fingerprint density at radius 2 is 0.714 bits per heavy atom. The standard InChI is InChI=1S/C51H31N5/c1-2-16-36(17-3-1)48-52-46(41-24-10-18-32-13-4-7-21-38(32)41)44-30-29-35-27-28-37(31-45(35)47(44)53-48)49-54-50(42-25-11-19-33-14-5-8-22-39(33)42)56-51(55-49)43-26-12-20-34-15-6-9-23-40(34)43/h1-31H. The van der Waals surface area contributed by atoms with Gasteiger partial charge in [0.2, 0.25) is 0 Å². The van der Waals surface area contributed by atoms with Crippen LogP contribution in [-0.4, -0.2) is 24.9 Å². The predicted octanol–water partition coefficient (Wildman–Crippen LogP) is 12.8. The van der Waals surface area contributed by atoms with Crippen molar-refractivity contribution in [2.24, 2.45) is 0 Å². The van der Waals surface area contributed by atoms with Crippen molar-refractivity contribution in [1.82, 2.24) is 24.9 Å². The Bertz CT molecular complexity index is 3210. The van der Waals surface area contributed by atoms with E-state index in [0.717, 1.165) is 82.1 Å². The zero-order valence-electron chi connectivity index (χ0n) is 30.1. The first kappa shape index (κ1) is 31.9. The second-order valence-corrected chi connectivity index (χ2v) is 14.0. The van der Waals surface area contributed by atoms with Gasteiger partial charge in [-0.3, -0.25) is 0 Å². The molecule has 5 heteroatoms. The molecule has 0 radical (unpaired) electrons. The van der Waals surface area contributed by atoms with Gasteiger partial charge in [-0.2, -0.15) is 0 Å². The maximum Gasteiger partial charge on any atom is 0.164 e. The topological polar surface area (TPSA) is 64.5 Å². The average molecular weight is 714 g/mol. The van der Waals surface area contributed by atoms with Gasteiger partial charge in [0.05, 0.1) is 11.2 Å². The molecule has 11 rings (SSSR count). The zero-order valence-corrected chi connectivity index (χ0v) is 30.1. The predicted molar refractivity (Wildman–Crippen MR) is 230 cm³/mol. The summed E-state index contributed by atoms with van der Waals surface area (Å²) in [4.78, 5) is 26.2. The van der Waals surface area contributed by atoms with Crippen LogP contribution in [0.1, 0.15) is 0 Å². The van der Waals surface area contributed by atoms with Gasteiger partial charge in [0, 0.05) is 38.6 Å². The van der Waals surface area contributed by atoms with E-state index >= 15 is 0 Å². The van der Waals surface area contributed by atoms with Crippen molar-refractivity contribution in [3.8, 4) is 56.8 Å². The molecule has 9 aromatic carbocycles. The van der Waals surface area contributed by atoms with Crippen LogP contribution >= 0.6 is 0 Å². The van der Waals surface area contributed by atoms with E-state index in [1.54, 1.807) is 0 Å². The van der Waals surface area contributed by atoms with Crippen LogP contribution in [0.3, 0.4) is 0 Å². The van der Waals surface area contributed by atoms with Crippen molar-refractivity contribution >= 4 is 54.0 Å². The molecule has 0 saturated carbocycles. The Morgan fingerprint density at radius 1 is 0.250 bits per heavy atom. The summed E-state index contributed by atoms with van der Waals surface area (Å²) in [5.74, 6) is 2.52. The van der Waals surface area contributed by atoms with Crippen LogP contribution in [0.4, 0.5) is 0 Å². The summed E-state index contributed by atoms with van der Waals surface area (Å²) in [6.45, 7) is 0. The van der Waals surface area contributed by atoms with E-state index in [1.807, 2.05) is 18.2 Å². The van der Waals surface area contributed by atoms with Crippen molar-refractivity contribution in [3.63, 3.8) is 0 Å². The van der Waals surface area contributed by atoms with Gasteiger partial charge >= 0.3 is 0 Å². The summed E-state index contributed by atoms with van der Waals surface area (Å²) >= 11 is 0. The number of hydrogen-bond acceptors (Lipinski definition) is 5. The van der Waals surface area contributed by atoms with Crippen molar-refractivity contribution < 1.29 is 0 Å². The molecule has 0 N–H and O–H groups in total. The summed E-state index contributed by atoms with van der Waals surface area (Å²) in [5, 5.41) is 9.81. The molecule has 260 valence electrons. The highest BCUT2D eigenvalue weighted by Crippen LogP contribution is 2.38. The minimum atomic E-state index is 0.594. The molecule has 0 amide bonds. The maximum absolute atomic E-state index is 5.31. The first-order valence-electron chi connectivity index (χ1n) is 18.8. The molecule has 0 fully saturated rings. The monoisotopic (exact) mass is 713 g/mol. The van der Waals surface area contributed by atoms with Gasteiger partial charge in [-0.05, 0) is 49.8 Å². The molecule has 5 nitrogen and oxygen atoms in total. The second-order valence-electron chi connectivity index (χ2n) is 14.0. The molecular weight excluding hydrogens is 683 g/mol. The molecule has 2 aromatic heterocycles. The normalized spacial score (nSPS) is 11.6. The quantitative estimate of drug-likeness (QED) is 0.166. The molecule has 2 heterocycles. The van der Waals surface area contributed by atoms with Crippen LogP contribution in [0.25, 0.3) is 111 Å². The van der Waals surface area contributed by atoms with E-state index in [2.05, 4.69) is 170 Å². The van der Waals surface area contributed by atoms with E-state index in [0.29, 0.717) is 23.3 Å². The molecule has 0 aliphatic rings. The molecule has 56 heavy (non-hydrogen) atoms. The van der Waals surface area contributed by atoms with Crippen molar-refractivity contribution in [2.45, 2.75) is 0 Å². The van der Waals surface area contributed by atoms with Gasteiger partial charge in [0.15, 0.2) is 23.3 Å². The Morgan fingerprint density at radius 3 is 1.34 bits per heavy atom. The summed E-state index contributed by atoms with van der Waals surface area (Å²) in [6, 6.07) is 65.2. The van der Waals surface area contributed by atoms with E-state index in [9.17, 15) is 0 Å². The first-order chi connectivity index (χ1) is 27.7. The third-order valence-electron chi connectivity index (χ3n) is 10.7. The smallest absolute Gasteiger partial charge is 0.164 e. The molecule has 0 bridgehead atoms. The average Bonchev–Trinajstić information content (AvgIpc) is 3.28. The number of hydrogen-bond donors (Lipinski definition) is 0. The van der Waals surface area contributed by atoms with Crippen LogP contribution in [0, 0.1) is 0 Å². The molecular formula is C51H31N5. The van der Waals surface area contributed by atoms with Crippen LogP contribution in [0.5, 0.6) is 0 Å². The zero-order chi connectivity index (χ0) is 37.0. The third-order valence-corrected chi connectivity index (χ3v) is 10.7. The number of nitrogens with zero attached hydrogens (tertiary/aromatic N) is 5. The summed E-state index contributed by atoms with van der Waals surface area (Å²) < 4.78 is 0. The van der Waals surface area contributed by atoms with Crippen molar-refractivity contribution in [1.29, 1.82) is 0 Å². The lowest BCUT2D eigenvalue weighted by Gasteiger charge is -2.14. The highest BCUT2D eigenvalue weighted by atomic mass is 15.0. The minimum absolute atomic E-state index is 0.594. The molecule has 0 atom stereocenters. The Balaban J connectivity index is 1.18. The van der Waals surface area contributed by atoms with E-state index < -0.39 is 0 Å². The Labute approximate surface area is 322 Å². The SMILES string of the molecule is c1ccc(-c2nc(-c3cccc4ccccc34)c3ccc4ccc(-c5nc(-c6cccc7ccccc67)nc(-c6cccc7ccccc67)n5)cc4c3n2)cc1. The minimum Gasteiger partial charge on any atom is -0.227 e. The van der Waals surface area contributed by atoms with Crippen molar-refractivity contribution in [3.05, 3.63) is 188 Å². The lowest BCUT2D eigenvalue weighted by atomic mass is 9.96. The van der Waals surface area contributed by atoms with Gasteiger partial charge in [0.25, 0.3) is 0 Å². The summed E-state index contributed by atoms with van der Waals surface area (Å²) in [6.07, 6.45) is 0. The van der Waals surface area contributed by atoms with Crippen LogP contribution in [0.15, 0.2) is 188 Å². The molecule has 0 aliphatic heterocycles. The highest BCUT2D eigenvalue weighted by molar-refractivity contribution is 6.13. The fraction of sp³-hybridized carbons (Fsp3) is 0. The number of rotatable bonds is 5. The van der Waals surface area contributed by atoms with Crippen molar-refractivity contribution in [2.75, 3.05) is 0 Å². The highest BCUT2D eigenvalue weighted by Gasteiger charge is 2.19. The van der Waals surface area contributed by atoms with Gasteiger partial charge < -0.3 is 0 Å². The number of benzene rings is 9. The second kappa shape index (κ2) is 13.0. The summed E-state index contributed by atoms with van der Waals surface area (Å²) in [5.41, 5.74) is 6.59. The van der Waals surface area contributed by atoms with E-state index in [4.69, 9.17) is 24.9 Å². The molecule has 11 aromatic rings. The largest absolute Gasteiger partial charge is 0.227 e. The van der Waals surface area contributed by atoms with E-state index in [1.165, 1.54) is 5.39 Å². The van der Waals surface area contributed by atoms with Crippen LogP contribution < -0.4 is 0 Å². The first-order valence-corrected chi connectivity index (χ1v) is 18.8. The van der Waals surface area contributed by atoms with Gasteiger partial charge in [-0.25, -0.2) is 24.9 Å². The number of fused-ring (bicyclic) bond motifs is 6. The fourth-order valence-corrected chi connectivity index (χ4v) is 7.99. The molecule has 0 aliphatic carbocycles. The molecule has 0 spiro atoms. The molecule has 0 unspecified atom stereocenters. The maximum atomic E-state index is 5.31. The lowest BCUT2D eigenvalue weighted by Crippen LogP contribution is -2.01. The van der Waals surface area contributed by atoms with Gasteiger partial charge in [0.1, 0.15) is 0 Å². The lowest BCUT2D eigenvalue weighted by molar-refractivity contribution is 1.08. The Hall–Kier alpha value is -7.63. The van der Waals surface area contributed by atoms with Gasteiger partial charge in [-0.15, -0.1) is 0 Å². The third kappa shape index (κ3) is 5.37. The Kier molecular flexibility index (Phi) is 7.42. The number of aromatic nitrogens is 5. The van der Waals surface area contributed by atoms with Crippen LogP contribution in [0.2, 0.25) is 0 Å². The van der Waals surface area contributed by atoms with Gasteiger partial charge in [-0.1, -0.05) is 176 Å². The van der Waals surface area contributed by atoms with Crippen LogP contribution in [-0.2, 0) is 0 Å². The van der Waals surface area contributed by atoms with E-state index in [-0.39, 0.29) is 0 Å². The molecule has 0 saturated heterocycles. The fourth-order valence-electron chi connectivity index (χ4n) is 7.99. The summed E-state index contributed by atoms with van der Waals surface area (Å²) in [7, 11) is 0.